The molecule has 2 aromatic rings. The highest BCUT2D eigenvalue weighted by Gasteiger charge is 2.41. The first-order valence-corrected chi connectivity index (χ1v) is 9.96. The number of nitrogens with one attached hydrogen (secondary N) is 1. The van der Waals surface area contributed by atoms with Crippen molar-refractivity contribution in [3.05, 3.63) is 59.4 Å². The SMILES string of the molecule is Fc1ccc2c(c1)C(N1c3ccccc3S[C@H]1N1CCNCC1)CC2. The molecule has 0 saturated carbocycles. The van der Waals surface area contributed by atoms with Crippen LogP contribution >= 0.6 is 11.8 Å². The largest absolute Gasteiger partial charge is 0.339 e. The van der Waals surface area contributed by atoms with Crippen molar-refractivity contribution in [1.82, 2.24) is 10.2 Å². The summed E-state index contributed by atoms with van der Waals surface area (Å²) in [4.78, 5) is 6.46. The standard InChI is InChI=1S/C20H22FN3S/c21-15-7-5-14-6-8-17(16(14)13-15)24-18-3-1-2-4-19(18)25-20(24)23-11-9-22-10-12-23/h1-5,7,13,17,20,22H,6,8-12H2/t17?,20-/m0/s1. The molecule has 5 rings (SSSR count). The second-order valence-corrected chi connectivity index (χ2v) is 8.10. The summed E-state index contributed by atoms with van der Waals surface area (Å²) < 4.78 is 13.9. The summed E-state index contributed by atoms with van der Waals surface area (Å²) in [5.74, 6) is -0.121. The molecule has 2 atom stereocenters. The Balaban J connectivity index is 1.56. The number of hydrogen-bond acceptors (Lipinski definition) is 4. The van der Waals surface area contributed by atoms with Crippen molar-refractivity contribution in [2.75, 3.05) is 31.1 Å². The molecule has 2 heterocycles. The van der Waals surface area contributed by atoms with Crippen molar-refractivity contribution in [3.8, 4) is 0 Å². The number of hydrogen-bond donors (Lipinski definition) is 1. The van der Waals surface area contributed by atoms with Gasteiger partial charge in [0.2, 0.25) is 0 Å². The number of fused-ring (bicyclic) bond motifs is 2. The average molecular weight is 355 g/mol. The van der Waals surface area contributed by atoms with E-state index in [9.17, 15) is 4.39 Å². The molecule has 130 valence electrons. The maximum absolute atomic E-state index is 13.9. The van der Waals surface area contributed by atoms with Gasteiger partial charge < -0.3 is 10.2 Å². The third kappa shape index (κ3) is 2.65. The van der Waals surface area contributed by atoms with Crippen molar-refractivity contribution in [2.24, 2.45) is 0 Å². The Morgan fingerprint density at radius 3 is 2.80 bits per heavy atom. The summed E-state index contributed by atoms with van der Waals surface area (Å²) in [5.41, 5.74) is 4.09. The molecule has 0 amide bonds. The Labute approximate surface area is 152 Å². The lowest BCUT2D eigenvalue weighted by atomic mass is 10.1. The van der Waals surface area contributed by atoms with Crippen LogP contribution in [0, 0.1) is 5.82 Å². The number of anilines is 1. The highest BCUT2D eigenvalue weighted by atomic mass is 32.2. The maximum atomic E-state index is 13.9. The average Bonchev–Trinajstić information content (AvgIpc) is 3.23. The molecule has 1 unspecified atom stereocenters. The van der Waals surface area contributed by atoms with Crippen molar-refractivity contribution < 1.29 is 4.39 Å². The number of nitrogens with zero attached hydrogens (tertiary/aromatic N) is 2. The number of aryl methyl sites for hydroxylation is 1. The zero-order valence-corrected chi connectivity index (χ0v) is 14.9. The van der Waals surface area contributed by atoms with E-state index in [1.54, 1.807) is 12.1 Å². The molecule has 3 nitrogen and oxygen atoms in total. The van der Waals surface area contributed by atoms with E-state index >= 15 is 0 Å². The highest BCUT2D eigenvalue weighted by Crippen LogP contribution is 2.51. The zero-order valence-electron chi connectivity index (χ0n) is 14.1. The quantitative estimate of drug-likeness (QED) is 0.887. The predicted molar refractivity (Wildman–Crippen MR) is 100 cm³/mol. The topological polar surface area (TPSA) is 18.5 Å². The van der Waals surface area contributed by atoms with Gasteiger partial charge in [0.1, 0.15) is 11.3 Å². The second kappa shape index (κ2) is 6.31. The van der Waals surface area contributed by atoms with Gasteiger partial charge in [0.05, 0.1) is 11.7 Å². The maximum Gasteiger partial charge on any atom is 0.136 e. The van der Waals surface area contributed by atoms with Crippen LogP contribution in [0.25, 0.3) is 0 Å². The summed E-state index contributed by atoms with van der Waals surface area (Å²) in [6.07, 6.45) is 2.11. The summed E-state index contributed by atoms with van der Waals surface area (Å²) in [5, 5.41) is 3.45. The first-order chi connectivity index (χ1) is 12.3. The fraction of sp³-hybridized carbons (Fsp3) is 0.400. The molecule has 3 aliphatic rings. The van der Waals surface area contributed by atoms with E-state index in [4.69, 9.17) is 0 Å². The molecule has 2 aromatic carbocycles. The molecular formula is C20H22FN3S. The molecule has 5 heteroatoms. The molecule has 0 spiro atoms. The minimum atomic E-state index is -0.121. The van der Waals surface area contributed by atoms with E-state index in [0.29, 0.717) is 5.50 Å². The minimum Gasteiger partial charge on any atom is -0.339 e. The smallest absolute Gasteiger partial charge is 0.136 e. The van der Waals surface area contributed by atoms with Crippen LogP contribution in [0.15, 0.2) is 47.4 Å². The van der Waals surface area contributed by atoms with Crippen molar-refractivity contribution in [2.45, 2.75) is 29.3 Å². The normalized spacial score (nSPS) is 25.9. The van der Waals surface area contributed by atoms with Gasteiger partial charge in [0.15, 0.2) is 0 Å². The van der Waals surface area contributed by atoms with Crippen molar-refractivity contribution in [1.29, 1.82) is 0 Å². The van der Waals surface area contributed by atoms with Gasteiger partial charge >= 0.3 is 0 Å². The number of thioether (sulfide) groups is 1. The van der Waals surface area contributed by atoms with Crippen LogP contribution in [-0.2, 0) is 6.42 Å². The van der Waals surface area contributed by atoms with E-state index in [1.807, 2.05) is 17.8 Å². The molecule has 0 aromatic heterocycles. The van der Waals surface area contributed by atoms with Gasteiger partial charge in [-0.15, -0.1) is 0 Å². The summed E-state index contributed by atoms with van der Waals surface area (Å²) >= 11 is 1.95. The first kappa shape index (κ1) is 15.7. The number of piperazine rings is 1. The van der Waals surface area contributed by atoms with Gasteiger partial charge in [-0.3, -0.25) is 4.90 Å². The summed E-state index contributed by atoms with van der Waals surface area (Å²) in [6.45, 7) is 4.20. The molecule has 25 heavy (non-hydrogen) atoms. The molecule has 1 saturated heterocycles. The van der Waals surface area contributed by atoms with E-state index in [1.165, 1.54) is 21.7 Å². The van der Waals surface area contributed by atoms with Gasteiger partial charge in [0, 0.05) is 31.1 Å². The molecule has 2 aliphatic heterocycles. The lowest BCUT2D eigenvalue weighted by molar-refractivity contribution is 0.215. The van der Waals surface area contributed by atoms with Crippen LogP contribution in [0.5, 0.6) is 0 Å². The summed E-state index contributed by atoms with van der Waals surface area (Å²) in [7, 11) is 0. The zero-order chi connectivity index (χ0) is 16.8. The van der Waals surface area contributed by atoms with Gasteiger partial charge in [-0.2, -0.15) is 0 Å². The molecule has 1 aliphatic carbocycles. The van der Waals surface area contributed by atoms with Crippen LogP contribution in [0.1, 0.15) is 23.6 Å². The monoisotopic (exact) mass is 355 g/mol. The Morgan fingerprint density at radius 2 is 1.92 bits per heavy atom. The van der Waals surface area contributed by atoms with E-state index < -0.39 is 0 Å². The Hall–Kier alpha value is -1.56. The fourth-order valence-electron chi connectivity index (χ4n) is 4.38. The lowest BCUT2D eigenvalue weighted by Gasteiger charge is -2.41. The van der Waals surface area contributed by atoms with Crippen molar-refractivity contribution >= 4 is 17.4 Å². The minimum absolute atomic E-state index is 0.121. The molecule has 1 N–H and O–H groups in total. The first-order valence-electron chi connectivity index (χ1n) is 9.08. The van der Waals surface area contributed by atoms with Gasteiger partial charge in [0.25, 0.3) is 0 Å². The van der Waals surface area contributed by atoms with Crippen molar-refractivity contribution in [3.63, 3.8) is 0 Å². The third-order valence-electron chi connectivity index (χ3n) is 5.57. The van der Waals surface area contributed by atoms with Crippen LogP contribution < -0.4 is 10.2 Å². The Morgan fingerprint density at radius 1 is 1.08 bits per heavy atom. The molecular weight excluding hydrogens is 333 g/mol. The second-order valence-electron chi connectivity index (χ2n) is 7.00. The third-order valence-corrected chi connectivity index (χ3v) is 6.90. The number of benzene rings is 2. The van der Waals surface area contributed by atoms with E-state index in [2.05, 4.69) is 39.4 Å². The van der Waals surface area contributed by atoms with Crippen LogP contribution in [0.2, 0.25) is 0 Å². The van der Waals surface area contributed by atoms with Gasteiger partial charge in [-0.05, 0) is 48.2 Å². The fourth-order valence-corrected chi connectivity index (χ4v) is 5.79. The van der Waals surface area contributed by atoms with Gasteiger partial charge in [-0.1, -0.05) is 30.0 Å². The Kier molecular flexibility index (Phi) is 3.95. The number of para-hydroxylation sites is 1. The predicted octanol–water partition coefficient (Wildman–Crippen LogP) is 3.61. The van der Waals surface area contributed by atoms with Crippen LogP contribution in [-0.4, -0.2) is 36.6 Å². The van der Waals surface area contributed by atoms with Crippen LogP contribution in [0.4, 0.5) is 10.1 Å². The van der Waals surface area contributed by atoms with E-state index in [-0.39, 0.29) is 11.9 Å². The molecule has 0 radical (unpaired) electrons. The van der Waals surface area contributed by atoms with E-state index in [0.717, 1.165) is 39.0 Å². The number of halogens is 1. The Bertz CT molecular complexity index is 790. The molecule has 0 bridgehead atoms. The number of rotatable bonds is 2. The van der Waals surface area contributed by atoms with Gasteiger partial charge in [-0.25, -0.2) is 4.39 Å². The molecule has 1 fully saturated rings. The highest BCUT2D eigenvalue weighted by molar-refractivity contribution is 8.00. The lowest BCUT2D eigenvalue weighted by Crippen LogP contribution is -2.53. The summed E-state index contributed by atoms with van der Waals surface area (Å²) in [6, 6.07) is 14.3. The van der Waals surface area contributed by atoms with Crippen LogP contribution in [0.3, 0.4) is 0 Å².